The fourth-order valence-electron chi connectivity index (χ4n) is 6.98. The van der Waals surface area contributed by atoms with Crippen molar-refractivity contribution in [3.05, 3.63) is 138 Å². The Bertz CT molecular complexity index is 2670. The zero-order valence-electron chi connectivity index (χ0n) is 31.6. The molecular formula is C42H39F4N5O4S3. The Morgan fingerprint density at radius 3 is 1.97 bits per heavy atom. The van der Waals surface area contributed by atoms with Gasteiger partial charge in [-0.25, -0.2) is 21.2 Å². The van der Waals surface area contributed by atoms with E-state index in [4.69, 9.17) is 0 Å². The van der Waals surface area contributed by atoms with E-state index in [2.05, 4.69) is 55.9 Å². The highest BCUT2D eigenvalue weighted by Crippen LogP contribution is 2.40. The lowest BCUT2D eigenvalue weighted by molar-refractivity contribution is -0.0435. The molecular weight excluding hydrogens is 811 g/mol. The quantitative estimate of drug-likeness (QED) is 0.0982. The van der Waals surface area contributed by atoms with E-state index < -0.39 is 40.8 Å². The SMILES string of the molecule is Cc1c(-c2cccc(N3CCN(c4ccc(NS(=O)(=O)c5ccc(NSc6ccccc6)c(S(=O)(=O)C(F)(F)F)c5)cc4)CC3)c2)c(-c2ccc(F)cc2)n(C)c1C. The van der Waals surface area contributed by atoms with Crippen molar-refractivity contribution >= 4 is 54.6 Å². The Balaban J connectivity index is 1.04. The van der Waals surface area contributed by atoms with E-state index in [9.17, 15) is 34.4 Å². The van der Waals surface area contributed by atoms with Gasteiger partial charge >= 0.3 is 5.51 Å². The van der Waals surface area contributed by atoms with Crippen LogP contribution in [0.5, 0.6) is 0 Å². The molecule has 7 rings (SSSR count). The summed E-state index contributed by atoms with van der Waals surface area (Å²) in [5.74, 6) is -0.288. The number of piperazine rings is 1. The molecule has 0 atom stereocenters. The molecule has 1 saturated heterocycles. The third-order valence-corrected chi connectivity index (χ3v) is 14.0. The lowest BCUT2D eigenvalue weighted by atomic mass is 9.97. The van der Waals surface area contributed by atoms with Crippen LogP contribution in [0.15, 0.2) is 136 Å². The number of anilines is 4. The van der Waals surface area contributed by atoms with E-state index in [1.54, 1.807) is 66.7 Å². The number of sulfonamides is 1. The highest BCUT2D eigenvalue weighted by atomic mass is 32.2. The first-order valence-electron chi connectivity index (χ1n) is 18.1. The third kappa shape index (κ3) is 8.26. The fraction of sp³-hybridized carbons (Fsp3) is 0.190. The van der Waals surface area contributed by atoms with Crippen LogP contribution in [0, 0.1) is 19.7 Å². The Labute approximate surface area is 339 Å². The second-order valence-corrected chi connectivity index (χ2v) is 18.3. The van der Waals surface area contributed by atoms with Gasteiger partial charge in [0.05, 0.1) is 16.3 Å². The van der Waals surface area contributed by atoms with Crippen molar-refractivity contribution in [1.82, 2.24) is 4.57 Å². The summed E-state index contributed by atoms with van der Waals surface area (Å²) in [6.45, 7) is 6.97. The zero-order valence-corrected chi connectivity index (χ0v) is 34.0. The van der Waals surface area contributed by atoms with Gasteiger partial charge < -0.3 is 19.1 Å². The molecule has 6 aromatic rings. The van der Waals surface area contributed by atoms with Crippen molar-refractivity contribution in [2.24, 2.45) is 7.05 Å². The van der Waals surface area contributed by atoms with E-state index in [1.165, 1.54) is 12.1 Å². The molecule has 0 amide bonds. The third-order valence-electron chi connectivity index (χ3n) is 10.3. The van der Waals surface area contributed by atoms with Crippen LogP contribution in [0.25, 0.3) is 22.4 Å². The van der Waals surface area contributed by atoms with Gasteiger partial charge in [0, 0.05) is 66.4 Å². The average Bonchev–Trinajstić information content (AvgIpc) is 3.44. The van der Waals surface area contributed by atoms with Crippen LogP contribution in [0.4, 0.5) is 40.3 Å². The molecule has 58 heavy (non-hydrogen) atoms. The molecule has 0 bridgehead atoms. The molecule has 5 aromatic carbocycles. The number of benzene rings is 5. The predicted octanol–water partition coefficient (Wildman–Crippen LogP) is 9.66. The Hall–Kier alpha value is -5.45. The number of rotatable bonds is 11. The number of hydrogen-bond donors (Lipinski definition) is 2. The monoisotopic (exact) mass is 849 g/mol. The summed E-state index contributed by atoms with van der Waals surface area (Å²) in [6.07, 6.45) is 0. The smallest absolute Gasteiger partial charge is 0.368 e. The van der Waals surface area contributed by atoms with Gasteiger partial charge in [0.1, 0.15) is 10.7 Å². The number of nitrogens with one attached hydrogen (secondary N) is 2. The number of alkyl halides is 3. The summed E-state index contributed by atoms with van der Waals surface area (Å²) in [5, 5.41) is 0. The minimum atomic E-state index is -5.93. The molecule has 16 heteroatoms. The van der Waals surface area contributed by atoms with Crippen molar-refractivity contribution in [2.45, 2.75) is 34.0 Å². The van der Waals surface area contributed by atoms with Crippen LogP contribution < -0.4 is 19.2 Å². The summed E-state index contributed by atoms with van der Waals surface area (Å²) in [5.41, 5.74) is 2.36. The van der Waals surface area contributed by atoms with E-state index >= 15 is 0 Å². The molecule has 0 spiro atoms. The zero-order chi connectivity index (χ0) is 41.4. The summed E-state index contributed by atoms with van der Waals surface area (Å²) in [7, 11) is -8.41. The van der Waals surface area contributed by atoms with Crippen molar-refractivity contribution < 1.29 is 34.4 Å². The number of sulfone groups is 1. The molecule has 1 aliphatic heterocycles. The van der Waals surface area contributed by atoms with Gasteiger partial charge in [-0.2, -0.15) is 13.2 Å². The van der Waals surface area contributed by atoms with Gasteiger partial charge in [0.2, 0.25) is 0 Å². The molecule has 0 unspecified atom stereocenters. The number of nitrogens with zero attached hydrogens (tertiary/aromatic N) is 3. The van der Waals surface area contributed by atoms with E-state index in [0.717, 1.165) is 69.1 Å². The summed E-state index contributed by atoms with van der Waals surface area (Å²) in [6, 6.07) is 32.6. The molecule has 2 heterocycles. The van der Waals surface area contributed by atoms with Gasteiger partial charge in [-0.3, -0.25) is 4.72 Å². The summed E-state index contributed by atoms with van der Waals surface area (Å²) in [4.78, 5) is 3.20. The van der Waals surface area contributed by atoms with Crippen LogP contribution in [0.1, 0.15) is 11.3 Å². The molecule has 1 aliphatic rings. The Morgan fingerprint density at radius 1 is 0.690 bits per heavy atom. The maximum absolute atomic E-state index is 13.8. The number of hydrogen-bond acceptors (Lipinski definition) is 8. The van der Waals surface area contributed by atoms with E-state index in [0.29, 0.717) is 37.1 Å². The fourth-order valence-corrected chi connectivity index (χ4v) is 9.85. The van der Waals surface area contributed by atoms with Crippen molar-refractivity contribution in [3.8, 4) is 22.4 Å². The largest absolute Gasteiger partial charge is 0.501 e. The standard InChI is InChI=1S/C42H39F4N5O4S3/c1-28-29(2)49(3)41(30-12-14-32(43)15-13-30)40(28)31-8-7-9-35(26-31)51-24-22-50(23-25-51)34-18-16-33(17-19-34)48-58(54,55)37-20-21-38(47-56-36-10-5-4-6-11-36)39(27-37)57(52,53)42(44,45)46/h4-21,26-27,47-48H,22-25H2,1-3H3. The van der Waals surface area contributed by atoms with Crippen LogP contribution in [-0.2, 0) is 26.9 Å². The van der Waals surface area contributed by atoms with E-state index in [-0.39, 0.29) is 11.5 Å². The minimum absolute atomic E-state index is 0.146. The maximum Gasteiger partial charge on any atom is 0.501 e. The molecule has 1 aromatic heterocycles. The van der Waals surface area contributed by atoms with Gasteiger partial charge in [-0.05, 0) is 133 Å². The average molecular weight is 850 g/mol. The van der Waals surface area contributed by atoms with Crippen LogP contribution >= 0.6 is 11.9 Å². The molecule has 0 saturated carbocycles. The molecule has 9 nitrogen and oxygen atoms in total. The minimum Gasteiger partial charge on any atom is -0.368 e. The molecule has 1 fully saturated rings. The molecule has 0 aliphatic carbocycles. The van der Waals surface area contributed by atoms with Crippen LogP contribution in [-0.4, -0.2) is 53.1 Å². The van der Waals surface area contributed by atoms with Crippen molar-refractivity contribution in [1.29, 1.82) is 0 Å². The first-order valence-corrected chi connectivity index (χ1v) is 21.9. The van der Waals surface area contributed by atoms with Gasteiger partial charge in [-0.15, -0.1) is 0 Å². The maximum atomic E-state index is 13.8. The predicted molar refractivity (Wildman–Crippen MR) is 223 cm³/mol. The van der Waals surface area contributed by atoms with Crippen LogP contribution in [0.2, 0.25) is 0 Å². The highest BCUT2D eigenvalue weighted by Gasteiger charge is 2.48. The first kappa shape index (κ1) is 40.7. The second kappa shape index (κ2) is 16.1. The Morgan fingerprint density at radius 2 is 1.33 bits per heavy atom. The Kier molecular flexibility index (Phi) is 11.3. The van der Waals surface area contributed by atoms with Gasteiger partial charge in [0.15, 0.2) is 0 Å². The van der Waals surface area contributed by atoms with E-state index in [1.807, 2.05) is 13.1 Å². The van der Waals surface area contributed by atoms with Crippen molar-refractivity contribution in [2.75, 3.05) is 45.4 Å². The van der Waals surface area contributed by atoms with Gasteiger partial charge in [-0.1, -0.05) is 30.3 Å². The molecule has 0 radical (unpaired) electrons. The first-order chi connectivity index (χ1) is 27.5. The van der Waals surface area contributed by atoms with Gasteiger partial charge in [0.25, 0.3) is 19.9 Å². The lowest BCUT2D eigenvalue weighted by Crippen LogP contribution is -2.46. The summed E-state index contributed by atoms with van der Waals surface area (Å²) < 4.78 is 114. The van der Waals surface area contributed by atoms with Crippen LogP contribution in [0.3, 0.4) is 0 Å². The molecule has 302 valence electrons. The number of halogens is 4. The highest BCUT2D eigenvalue weighted by molar-refractivity contribution is 8.00. The molecule has 2 N–H and O–H groups in total. The second-order valence-electron chi connectivity index (χ2n) is 13.8. The summed E-state index contributed by atoms with van der Waals surface area (Å²) >= 11 is 0.880. The number of aromatic nitrogens is 1. The lowest BCUT2D eigenvalue weighted by Gasteiger charge is -2.37. The van der Waals surface area contributed by atoms with Crippen molar-refractivity contribution in [3.63, 3.8) is 0 Å². The topological polar surface area (TPSA) is 104 Å². The normalized spacial score (nSPS) is 13.8.